The molecule has 0 saturated carbocycles. The van der Waals surface area contributed by atoms with Crippen molar-refractivity contribution in [1.82, 2.24) is 5.43 Å². The van der Waals surface area contributed by atoms with E-state index in [-0.39, 0.29) is 17.3 Å². The molecule has 0 bridgehead atoms. The van der Waals surface area contributed by atoms with Gasteiger partial charge in [0.25, 0.3) is 5.91 Å². The molecule has 2 aromatic rings. The molecule has 1 N–H and O–H groups in total. The number of nitrogens with zero attached hydrogens (tertiary/aromatic N) is 2. The molecule has 0 aromatic heterocycles. The van der Waals surface area contributed by atoms with Crippen molar-refractivity contribution in [2.24, 2.45) is 5.10 Å². The Balaban J connectivity index is 2.20. The molecule has 23 heavy (non-hydrogen) atoms. The molecule has 0 unspecified atom stereocenters. The van der Waals surface area contributed by atoms with Crippen LogP contribution in [0.4, 0.5) is 5.69 Å². The molecule has 0 aliphatic rings. The van der Waals surface area contributed by atoms with Gasteiger partial charge in [-0.2, -0.15) is 5.10 Å². The lowest BCUT2D eigenvalue weighted by atomic mass is 10.1. The standard InChI is InChI=1S/C16H15N3O4/c1-11(17-18-16(20)12-6-4-3-5-7-12)13-8-9-15(23-2)14(10-13)19(21)22/h3-10H,1-2H3,(H,18,20)/b17-11-. The molecular formula is C16H15N3O4. The molecule has 0 fully saturated rings. The summed E-state index contributed by atoms with van der Waals surface area (Å²) in [4.78, 5) is 22.4. The number of hydrogen-bond acceptors (Lipinski definition) is 5. The zero-order valence-corrected chi connectivity index (χ0v) is 12.6. The summed E-state index contributed by atoms with van der Waals surface area (Å²) >= 11 is 0. The summed E-state index contributed by atoms with van der Waals surface area (Å²) in [5.41, 5.74) is 3.70. The minimum absolute atomic E-state index is 0.158. The van der Waals surface area contributed by atoms with Gasteiger partial charge in [-0.15, -0.1) is 0 Å². The van der Waals surface area contributed by atoms with Crippen LogP contribution in [0.2, 0.25) is 0 Å². The Labute approximate surface area is 132 Å². The van der Waals surface area contributed by atoms with Crippen molar-refractivity contribution in [2.45, 2.75) is 6.92 Å². The SMILES string of the molecule is COc1ccc(/C(C)=N\NC(=O)c2ccccc2)cc1[N+](=O)[O-]. The average Bonchev–Trinajstić information content (AvgIpc) is 2.59. The number of nitro benzene ring substituents is 1. The van der Waals surface area contributed by atoms with Crippen molar-refractivity contribution < 1.29 is 14.5 Å². The van der Waals surface area contributed by atoms with Crippen LogP contribution in [0.15, 0.2) is 53.6 Å². The molecule has 7 nitrogen and oxygen atoms in total. The number of carbonyl (C=O) groups excluding carboxylic acids is 1. The third kappa shape index (κ3) is 3.91. The maximum absolute atomic E-state index is 11.9. The Bertz CT molecular complexity index is 757. The molecular weight excluding hydrogens is 298 g/mol. The van der Waals surface area contributed by atoms with E-state index in [9.17, 15) is 14.9 Å². The maximum atomic E-state index is 11.9. The number of hydrogen-bond donors (Lipinski definition) is 1. The van der Waals surface area contributed by atoms with Crippen molar-refractivity contribution in [3.8, 4) is 5.75 Å². The third-order valence-electron chi connectivity index (χ3n) is 3.15. The normalized spacial score (nSPS) is 11.0. The van der Waals surface area contributed by atoms with Gasteiger partial charge < -0.3 is 4.74 Å². The summed E-state index contributed by atoms with van der Waals surface area (Å²) in [6.45, 7) is 1.65. The summed E-state index contributed by atoms with van der Waals surface area (Å²) in [5.74, 6) is -0.187. The molecule has 1 amide bonds. The van der Waals surface area contributed by atoms with E-state index in [1.54, 1.807) is 37.3 Å². The highest BCUT2D eigenvalue weighted by atomic mass is 16.6. The Kier molecular flexibility index (Phi) is 5.03. The van der Waals surface area contributed by atoms with Crippen molar-refractivity contribution in [1.29, 1.82) is 0 Å². The van der Waals surface area contributed by atoms with Crippen LogP contribution in [-0.2, 0) is 0 Å². The number of amides is 1. The van der Waals surface area contributed by atoms with Crippen molar-refractivity contribution in [3.05, 3.63) is 69.8 Å². The number of hydrazone groups is 1. The largest absolute Gasteiger partial charge is 0.490 e. The summed E-state index contributed by atoms with van der Waals surface area (Å²) < 4.78 is 4.95. The van der Waals surface area contributed by atoms with Crippen LogP contribution in [0, 0.1) is 10.1 Å². The van der Waals surface area contributed by atoms with Gasteiger partial charge in [-0.05, 0) is 31.2 Å². The summed E-state index contributed by atoms with van der Waals surface area (Å²) in [5, 5.41) is 15.0. The van der Waals surface area contributed by atoms with Crippen molar-refractivity contribution >= 4 is 17.3 Å². The van der Waals surface area contributed by atoms with Gasteiger partial charge in [0.1, 0.15) is 0 Å². The minimum atomic E-state index is -0.530. The van der Waals surface area contributed by atoms with E-state index in [2.05, 4.69) is 10.5 Å². The molecule has 0 spiro atoms. The first kappa shape index (κ1) is 16.2. The molecule has 0 aliphatic heterocycles. The fraction of sp³-hybridized carbons (Fsp3) is 0.125. The van der Waals surface area contributed by atoms with Crippen LogP contribution in [0.1, 0.15) is 22.8 Å². The average molecular weight is 313 g/mol. The number of benzene rings is 2. The van der Waals surface area contributed by atoms with E-state index in [0.29, 0.717) is 16.8 Å². The summed E-state index contributed by atoms with van der Waals surface area (Å²) in [7, 11) is 1.36. The number of methoxy groups -OCH3 is 1. The molecule has 0 radical (unpaired) electrons. The second kappa shape index (κ2) is 7.17. The third-order valence-corrected chi connectivity index (χ3v) is 3.15. The summed E-state index contributed by atoms with van der Waals surface area (Å²) in [6.07, 6.45) is 0. The minimum Gasteiger partial charge on any atom is -0.490 e. The van der Waals surface area contributed by atoms with Crippen molar-refractivity contribution in [2.75, 3.05) is 7.11 Å². The molecule has 0 atom stereocenters. The van der Waals surface area contributed by atoms with Gasteiger partial charge in [-0.1, -0.05) is 18.2 Å². The van der Waals surface area contributed by atoms with Gasteiger partial charge in [-0.25, -0.2) is 5.43 Å². The molecule has 0 aliphatic carbocycles. The lowest BCUT2D eigenvalue weighted by Crippen LogP contribution is -2.19. The number of rotatable bonds is 5. The smallest absolute Gasteiger partial charge is 0.311 e. The Morgan fingerprint density at radius 2 is 1.87 bits per heavy atom. The molecule has 2 rings (SSSR count). The second-order valence-electron chi connectivity index (χ2n) is 4.65. The first-order chi connectivity index (χ1) is 11.0. The topological polar surface area (TPSA) is 93.8 Å². The van der Waals surface area contributed by atoms with E-state index in [0.717, 1.165) is 0 Å². The Hall–Kier alpha value is -3.22. The number of ether oxygens (including phenoxy) is 1. The predicted molar refractivity (Wildman–Crippen MR) is 85.8 cm³/mol. The molecule has 0 heterocycles. The van der Waals surface area contributed by atoms with E-state index < -0.39 is 4.92 Å². The lowest BCUT2D eigenvalue weighted by molar-refractivity contribution is -0.385. The Morgan fingerprint density at radius 1 is 1.17 bits per heavy atom. The van der Waals surface area contributed by atoms with E-state index in [1.807, 2.05) is 6.07 Å². The second-order valence-corrected chi connectivity index (χ2v) is 4.65. The fourth-order valence-corrected chi connectivity index (χ4v) is 1.91. The van der Waals surface area contributed by atoms with Gasteiger partial charge >= 0.3 is 5.69 Å². The van der Waals surface area contributed by atoms with Crippen LogP contribution >= 0.6 is 0 Å². The lowest BCUT2D eigenvalue weighted by Gasteiger charge is -2.05. The van der Waals surface area contributed by atoms with Gasteiger partial charge in [0.15, 0.2) is 5.75 Å². The van der Waals surface area contributed by atoms with Crippen LogP contribution in [-0.4, -0.2) is 23.7 Å². The van der Waals surface area contributed by atoms with Crippen LogP contribution in [0.25, 0.3) is 0 Å². The number of carbonyl (C=O) groups is 1. The first-order valence-electron chi connectivity index (χ1n) is 6.75. The van der Waals surface area contributed by atoms with E-state index >= 15 is 0 Å². The first-order valence-corrected chi connectivity index (χ1v) is 6.75. The van der Waals surface area contributed by atoms with Crippen LogP contribution < -0.4 is 10.2 Å². The quantitative estimate of drug-likeness (QED) is 0.521. The highest BCUT2D eigenvalue weighted by molar-refractivity contribution is 6.01. The Morgan fingerprint density at radius 3 is 2.48 bits per heavy atom. The number of nitrogens with one attached hydrogen (secondary N) is 1. The molecule has 2 aromatic carbocycles. The van der Waals surface area contributed by atoms with Crippen LogP contribution in [0.3, 0.4) is 0 Å². The van der Waals surface area contributed by atoms with Gasteiger partial charge in [0.2, 0.25) is 0 Å². The zero-order chi connectivity index (χ0) is 16.8. The predicted octanol–water partition coefficient (Wildman–Crippen LogP) is 2.76. The highest BCUT2D eigenvalue weighted by Gasteiger charge is 2.16. The fourth-order valence-electron chi connectivity index (χ4n) is 1.91. The monoisotopic (exact) mass is 313 g/mol. The van der Waals surface area contributed by atoms with Gasteiger partial charge in [-0.3, -0.25) is 14.9 Å². The van der Waals surface area contributed by atoms with Gasteiger partial charge in [0, 0.05) is 17.2 Å². The van der Waals surface area contributed by atoms with Gasteiger partial charge in [0.05, 0.1) is 17.7 Å². The molecule has 7 heteroatoms. The van der Waals surface area contributed by atoms with E-state index in [4.69, 9.17) is 4.74 Å². The highest BCUT2D eigenvalue weighted by Crippen LogP contribution is 2.27. The number of nitro groups is 1. The molecule has 118 valence electrons. The van der Waals surface area contributed by atoms with Crippen molar-refractivity contribution in [3.63, 3.8) is 0 Å². The maximum Gasteiger partial charge on any atom is 0.311 e. The molecule has 0 saturated heterocycles. The summed E-state index contributed by atoms with van der Waals surface area (Å²) in [6, 6.07) is 13.1. The zero-order valence-electron chi connectivity index (χ0n) is 12.6. The van der Waals surface area contributed by atoms with E-state index in [1.165, 1.54) is 19.2 Å². The van der Waals surface area contributed by atoms with Crippen LogP contribution in [0.5, 0.6) is 5.75 Å².